The molecule has 40 heavy (non-hydrogen) atoms. The molecule has 0 aliphatic rings. The molecule has 0 amide bonds. The summed E-state index contributed by atoms with van der Waals surface area (Å²) in [6.07, 6.45) is 0. The van der Waals surface area contributed by atoms with E-state index in [0.717, 1.165) is 33.7 Å². The van der Waals surface area contributed by atoms with Crippen molar-refractivity contribution in [2.24, 2.45) is 0 Å². The Morgan fingerprint density at radius 1 is 0.925 bits per heavy atom. The Kier molecular flexibility index (Phi) is 8.73. The maximum Gasteiger partial charge on any atom is 0.349 e. The van der Waals surface area contributed by atoms with Crippen molar-refractivity contribution < 1.29 is 23.1 Å². The second-order valence-electron chi connectivity index (χ2n) is 10.6. The van der Waals surface area contributed by atoms with Gasteiger partial charge in [0.15, 0.2) is 5.60 Å². The number of benzene rings is 2. The summed E-state index contributed by atoms with van der Waals surface area (Å²) in [6, 6.07) is 12.3. The first-order valence-electron chi connectivity index (χ1n) is 13.5. The lowest BCUT2D eigenvalue weighted by atomic mass is 10.0. The number of aryl methyl sites for hydroxylation is 5. The van der Waals surface area contributed by atoms with Crippen molar-refractivity contribution in [3.05, 3.63) is 81.9 Å². The van der Waals surface area contributed by atoms with Crippen molar-refractivity contribution in [2.45, 2.75) is 80.6 Å². The number of carbonyl (C=O) groups excluding carboxylic acids is 1. The molecule has 0 spiro atoms. The Morgan fingerprint density at radius 2 is 1.60 bits per heavy atom. The Balaban J connectivity index is 1.58. The maximum absolute atomic E-state index is 12.4. The molecular weight excluding hydrogens is 508 g/mol. The largest absolute Gasteiger partial charge is 0.476 e. The summed E-state index contributed by atoms with van der Waals surface area (Å²) in [7, 11) is 0. The predicted molar refractivity (Wildman–Crippen MR) is 151 cm³/mol. The first-order valence-corrected chi connectivity index (χ1v) is 13.5. The Bertz CT molecular complexity index is 1450. The quantitative estimate of drug-likeness (QED) is 0.204. The lowest BCUT2D eigenvalue weighted by Gasteiger charge is -2.27. The van der Waals surface area contributed by atoms with Crippen LogP contribution in [0.3, 0.4) is 0 Å². The number of hydrogen-bond acceptors (Lipinski definition) is 9. The monoisotopic (exact) mass is 546 g/mol. The molecule has 0 saturated carbocycles. The molecule has 2 heterocycles. The van der Waals surface area contributed by atoms with Gasteiger partial charge in [-0.05, 0) is 77.3 Å². The van der Waals surface area contributed by atoms with Gasteiger partial charge in [0, 0.05) is 25.6 Å². The molecule has 0 N–H and O–H groups in total. The van der Waals surface area contributed by atoms with Crippen LogP contribution >= 0.6 is 0 Å². The molecule has 0 atom stereocenters. The third kappa shape index (κ3) is 6.96. The van der Waals surface area contributed by atoms with Gasteiger partial charge in [0.2, 0.25) is 17.7 Å². The van der Waals surface area contributed by atoms with Gasteiger partial charge in [0.25, 0.3) is 0 Å². The number of oxazole rings is 1. The summed E-state index contributed by atoms with van der Waals surface area (Å²) in [6.45, 7) is 16.8. The topological polar surface area (TPSA) is 104 Å². The molecule has 2 aromatic carbocycles. The molecule has 4 aromatic rings. The van der Waals surface area contributed by atoms with Gasteiger partial charge in [-0.25, -0.2) is 9.78 Å². The van der Waals surface area contributed by atoms with E-state index in [4.69, 9.17) is 23.3 Å². The van der Waals surface area contributed by atoms with Crippen LogP contribution in [-0.2, 0) is 29.2 Å². The molecule has 2 aromatic heterocycles. The number of ether oxygens (including phenoxy) is 2. The number of esters is 1. The third-order valence-electron chi connectivity index (χ3n) is 6.54. The summed E-state index contributed by atoms with van der Waals surface area (Å²) in [5.41, 5.74) is 4.80. The average molecular weight is 547 g/mol. The van der Waals surface area contributed by atoms with E-state index in [1.165, 1.54) is 5.56 Å². The fourth-order valence-corrected chi connectivity index (χ4v) is 4.52. The summed E-state index contributed by atoms with van der Waals surface area (Å²) in [5, 5.41) is 8.20. The molecule has 0 saturated heterocycles. The molecular formula is C31H38N4O5. The van der Waals surface area contributed by atoms with E-state index in [1.54, 1.807) is 27.7 Å². The van der Waals surface area contributed by atoms with Crippen molar-refractivity contribution in [2.75, 3.05) is 6.61 Å². The second-order valence-corrected chi connectivity index (χ2v) is 10.6. The van der Waals surface area contributed by atoms with Crippen LogP contribution in [0, 0.1) is 34.6 Å². The Labute approximate surface area is 235 Å². The number of hydrogen-bond donors (Lipinski definition) is 0. The van der Waals surface area contributed by atoms with Crippen LogP contribution in [0.1, 0.15) is 66.3 Å². The highest BCUT2D eigenvalue weighted by atomic mass is 16.6. The number of rotatable bonds is 11. The molecule has 4 rings (SSSR count). The van der Waals surface area contributed by atoms with E-state index in [-0.39, 0.29) is 0 Å². The van der Waals surface area contributed by atoms with Gasteiger partial charge in [-0.15, -0.1) is 10.2 Å². The van der Waals surface area contributed by atoms with E-state index >= 15 is 0 Å². The molecule has 0 fully saturated rings. The van der Waals surface area contributed by atoms with Gasteiger partial charge in [0.05, 0.1) is 18.8 Å². The van der Waals surface area contributed by atoms with Crippen molar-refractivity contribution in [1.82, 2.24) is 20.1 Å². The highest BCUT2D eigenvalue weighted by Crippen LogP contribution is 2.30. The van der Waals surface area contributed by atoms with E-state index in [1.807, 2.05) is 45.0 Å². The zero-order chi connectivity index (χ0) is 29.0. The zero-order valence-electron chi connectivity index (χ0n) is 24.6. The molecule has 0 aliphatic heterocycles. The summed E-state index contributed by atoms with van der Waals surface area (Å²) < 4.78 is 23.1. The van der Waals surface area contributed by atoms with Crippen LogP contribution in [-0.4, -0.2) is 38.3 Å². The molecule has 0 unspecified atom stereocenters. The van der Waals surface area contributed by atoms with Crippen LogP contribution in [0.15, 0.2) is 45.2 Å². The maximum atomic E-state index is 12.4. The molecule has 212 valence electrons. The first-order chi connectivity index (χ1) is 18.9. The number of nitrogens with zero attached hydrogens (tertiary/aromatic N) is 4. The highest BCUT2D eigenvalue weighted by molar-refractivity contribution is 5.79. The van der Waals surface area contributed by atoms with Gasteiger partial charge in [0.1, 0.15) is 11.5 Å². The first kappa shape index (κ1) is 29.0. The van der Waals surface area contributed by atoms with Gasteiger partial charge in [-0.2, -0.15) is 0 Å². The Morgan fingerprint density at radius 3 is 2.20 bits per heavy atom. The fourth-order valence-electron chi connectivity index (χ4n) is 4.52. The Hall–Kier alpha value is -3.98. The molecule has 9 nitrogen and oxygen atoms in total. The van der Waals surface area contributed by atoms with Crippen LogP contribution in [0.5, 0.6) is 5.75 Å². The summed E-state index contributed by atoms with van der Waals surface area (Å²) >= 11 is 0. The van der Waals surface area contributed by atoms with Crippen LogP contribution < -0.4 is 4.74 Å². The summed E-state index contributed by atoms with van der Waals surface area (Å²) in [4.78, 5) is 19.4. The van der Waals surface area contributed by atoms with E-state index in [2.05, 4.69) is 34.2 Å². The lowest BCUT2D eigenvalue weighted by molar-refractivity contribution is -0.158. The second kappa shape index (κ2) is 12.0. The fraction of sp³-hybridized carbons (Fsp3) is 0.419. The van der Waals surface area contributed by atoms with Crippen molar-refractivity contribution in [3.63, 3.8) is 0 Å². The minimum absolute atomic E-state index is 0.301. The number of carbonyl (C=O) groups is 1. The third-order valence-corrected chi connectivity index (χ3v) is 6.54. The van der Waals surface area contributed by atoms with Crippen LogP contribution in [0.2, 0.25) is 0 Å². The van der Waals surface area contributed by atoms with Gasteiger partial charge < -0.3 is 18.3 Å². The molecule has 0 aliphatic carbocycles. The van der Waals surface area contributed by atoms with Gasteiger partial charge in [-0.3, -0.25) is 4.90 Å². The summed E-state index contributed by atoms with van der Waals surface area (Å²) in [5.74, 6) is 2.69. The minimum atomic E-state index is -1.10. The molecule has 9 heteroatoms. The smallest absolute Gasteiger partial charge is 0.349 e. The highest BCUT2D eigenvalue weighted by Gasteiger charge is 2.32. The zero-order valence-corrected chi connectivity index (χ0v) is 24.6. The molecule has 0 radical (unpaired) electrons. The minimum Gasteiger partial charge on any atom is -0.476 e. The van der Waals surface area contributed by atoms with Gasteiger partial charge in [-0.1, -0.05) is 29.8 Å². The van der Waals surface area contributed by atoms with Crippen LogP contribution in [0.25, 0.3) is 11.5 Å². The van der Waals surface area contributed by atoms with E-state index in [0.29, 0.717) is 49.7 Å². The van der Waals surface area contributed by atoms with E-state index in [9.17, 15) is 4.79 Å². The SMILES string of the molecule is CCOC(=O)C(C)(C)Oc1c(C)cc(CN(Cc2nnc(C)o2)Cc2nc(-c3ccc(C)cc3)oc2C)cc1C. The predicted octanol–water partition coefficient (Wildman–Crippen LogP) is 6.19. The normalized spacial score (nSPS) is 11.7. The van der Waals surface area contributed by atoms with Crippen molar-refractivity contribution in [1.29, 1.82) is 0 Å². The van der Waals surface area contributed by atoms with Gasteiger partial charge >= 0.3 is 5.97 Å². The van der Waals surface area contributed by atoms with Crippen molar-refractivity contribution in [3.8, 4) is 17.2 Å². The van der Waals surface area contributed by atoms with E-state index < -0.39 is 11.6 Å². The van der Waals surface area contributed by atoms with Crippen molar-refractivity contribution >= 4 is 5.97 Å². The average Bonchev–Trinajstić information content (AvgIpc) is 3.46. The molecule has 0 bridgehead atoms. The lowest BCUT2D eigenvalue weighted by Crippen LogP contribution is -2.40. The number of aromatic nitrogens is 3. The van der Waals surface area contributed by atoms with Crippen LogP contribution in [0.4, 0.5) is 0 Å². The standard InChI is InChI=1S/C31H38N4O5/c1-9-37-30(36)31(7,8)40-28-20(3)14-24(15-21(28)4)16-35(18-27-34-33-23(6)39-27)17-26-22(5)38-29(32-26)25-12-10-19(2)11-13-25/h10-15H,9,16-18H2,1-8H3.